The second-order valence-electron chi connectivity index (χ2n) is 8.76. The number of benzene rings is 2. The lowest BCUT2D eigenvalue weighted by Gasteiger charge is -2.31. The van der Waals surface area contributed by atoms with E-state index in [0.29, 0.717) is 12.3 Å². The number of piperidine rings is 1. The van der Waals surface area contributed by atoms with Crippen LogP contribution in [0, 0.1) is 13.8 Å². The highest BCUT2D eigenvalue weighted by atomic mass is 16.5. The van der Waals surface area contributed by atoms with Gasteiger partial charge in [-0.15, -0.1) is 0 Å². The fourth-order valence-corrected chi connectivity index (χ4v) is 4.10. The number of hydrogen-bond acceptors (Lipinski definition) is 5. The Morgan fingerprint density at radius 3 is 2.53 bits per heavy atom. The van der Waals surface area contributed by atoms with Crippen molar-refractivity contribution in [2.75, 3.05) is 25.0 Å². The van der Waals surface area contributed by atoms with Crippen molar-refractivity contribution in [1.29, 1.82) is 0 Å². The Morgan fingerprint density at radius 2 is 1.79 bits per heavy atom. The molecule has 1 aromatic heterocycles. The lowest BCUT2D eigenvalue weighted by atomic mass is 10.0. The standard InChI is InChI=1S/C27H31N3O4/c1-19-8-10-24(20(2)16-19)33-18-23-9-11-25(34-23)27(32)29-22-12-14-30(15-13-22)17-26(31)28-21-6-4-3-5-7-21/h3-11,16,22H,12-15,17-18H2,1-2H3,(H,28,31)(H,29,32). The molecule has 2 N–H and O–H groups in total. The summed E-state index contributed by atoms with van der Waals surface area (Å²) in [4.78, 5) is 27.0. The predicted octanol–water partition coefficient (Wildman–Crippen LogP) is 4.31. The van der Waals surface area contributed by atoms with Gasteiger partial charge in [-0.1, -0.05) is 35.9 Å². The third-order valence-electron chi connectivity index (χ3n) is 5.93. The number of likely N-dealkylation sites (tertiary alicyclic amines) is 1. The first-order chi connectivity index (χ1) is 16.5. The van der Waals surface area contributed by atoms with E-state index in [9.17, 15) is 9.59 Å². The van der Waals surface area contributed by atoms with Crippen molar-refractivity contribution in [3.8, 4) is 5.75 Å². The van der Waals surface area contributed by atoms with E-state index in [1.807, 2.05) is 56.3 Å². The van der Waals surface area contributed by atoms with Crippen LogP contribution in [0.3, 0.4) is 0 Å². The summed E-state index contributed by atoms with van der Waals surface area (Å²) < 4.78 is 11.5. The minimum absolute atomic E-state index is 0.0279. The molecule has 0 atom stereocenters. The lowest BCUT2D eigenvalue weighted by Crippen LogP contribution is -2.46. The average molecular weight is 462 g/mol. The molecule has 0 saturated carbocycles. The van der Waals surface area contributed by atoms with Crippen molar-refractivity contribution in [1.82, 2.24) is 10.2 Å². The molecular formula is C27H31N3O4. The maximum Gasteiger partial charge on any atom is 0.287 e. The molecule has 4 rings (SSSR count). The summed E-state index contributed by atoms with van der Waals surface area (Å²) in [5.74, 6) is 1.43. The minimum Gasteiger partial charge on any atom is -0.485 e. The molecule has 0 unspecified atom stereocenters. The van der Waals surface area contributed by atoms with E-state index in [0.717, 1.165) is 42.9 Å². The van der Waals surface area contributed by atoms with Crippen molar-refractivity contribution in [3.63, 3.8) is 0 Å². The number of carbonyl (C=O) groups is 2. The fraction of sp³-hybridized carbons (Fsp3) is 0.333. The molecule has 0 spiro atoms. The molecule has 3 aromatic rings. The van der Waals surface area contributed by atoms with Gasteiger partial charge in [-0.25, -0.2) is 0 Å². The van der Waals surface area contributed by atoms with Gasteiger partial charge in [0.2, 0.25) is 5.91 Å². The molecule has 2 heterocycles. The molecule has 34 heavy (non-hydrogen) atoms. The first-order valence-corrected chi connectivity index (χ1v) is 11.6. The average Bonchev–Trinajstić information content (AvgIpc) is 3.30. The van der Waals surface area contributed by atoms with Crippen LogP contribution >= 0.6 is 0 Å². The molecule has 0 bridgehead atoms. The highest BCUT2D eigenvalue weighted by Gasteiger charge is 2.23. The van der Waals surface area contributed by atoms with Crippen LogP contribution < -0.4 is 15.4 Å². The van der Waals surface area contributed by atoms with Gasteiger partial charge >= 0.3 is 0 Å². The quantitative estimate of drug-likeness (QED) is 0.522. The van der Waals surface area contributed by atoms with E-state index in [2.05, 4.69) is 21.6 Å². The molecule has 2 aromatic carbocycles. The minimum atomic E-state index is -0.224. The molecule has 0 radical (unpaired) electrons. The van der Waals surface area contributed by atoms with Gasteiger partial charge in [-0.3, -0.25) is 14.5 Å². The van der Waals surface area contributed by atoms with Crippen molar-refractivity contribution in [2.45, 2.75) is 39.3 Å². The van der Waals surface area contributed by atoms with Crippen LogP contribution in [0.2, 0.25) is 0 Å². The van der Waals surface area contributed by atoms with Crippen LogP contribution in [0.25, 0.3) is 0 Å². The van der Waals surface area contributed by atoms with Crippen LogP contribution in [0.5, 0.6) is 5.75 Å². The Kier molecular flexibility index (Phi) is 7.65. The summed E-state index contributed by atoms with van der Waals surface area (Å²) in [6.45, 7) is 6.16. The topological polar surface area (TPSA) is 83.8 Å². The fourth-order valence-electron chi connectivity index (χ4n) is 4.10. The van der Waals surface area contributed by atoms with E-state index in [1.54, 1.807) is 12.1 Å². The Morgan fingerprint density at radius 1 is 1.03 bits per heavy atom. The van der Waals surface area contributed by atoms with Crippen LogP contribution in [-0.4, -0.2) is 42.4 Å². The van der Waals surface area contributed by atoms with Crippen LogP contribution in [0.4, 0.5) is 5.69 Å². The zero-order valence-electron chi connectivity index (χ0n) is 19.7. The van der Waals surface area contributed by atoms with Gasteiger partial charge < -0.3 is 19.8 Å². The highest BCUT2D eigenvalue weighted by Crippen LogP contribution is 2.21. The van der Waals surface area contributed by atoms with E-state index in [4.69, 9.17) is 9.15 Å². The molecule has 1 fully saturated rings. The Labute approximate surface area is 200 Å². The van der Waals surface area contributed by atoms with Crippen LogP contribution in [0.15, 0.2) is 65.1 Å². The smallest absolute Gasteiger partial charge is 0.287 e. The van der Waals surface area contributed by atoms with Crippen LogP contribution in [-0.2, 0) is 11.4 Å². The number of anilines is 1. The molecule has 1 aliphatic rings. The number of amides is 2. The van der Waals surface area contributed by atoms with Crippen molar-refractivity contribution in [3.05, 3.63) is 83.3 Å². The summed E-state index contributed by atoms with van der Waals surface area (Å²) in [7, 11) is 0. The second kappa shape index (κ2) is 11.0. The summed E-state index contributed by atoms with van der Waals surface area (Å²) in [5, 5.41) is 5.96. The van der Waals surface area contributed by atoms with Gasteiger partial charge in [-0.05, 0) is 62.6 Å². The normalized spacial score (nSPS) is 14.5. The van der Waals surface area contributed by atoms with E-state index in [1.165, 1.54) is 5.56 Å². The Balaban J connectivity index is 1.20. The predicted molar refractivity (Wildman–Crippen MR) is 131 cm³/mol. The molecular weight excluding hydrogens is 430 g/mol. The van der Waals surface area contributed by atoms with Crippen molar-refractivity contribution in [2.24, 2.45) is 0 Å². The van der Waals surface area contributed by atoms with Crippen LogP contribution in [0.1, 0.15) is 40.3 Å². The highest BCUT2D eigenvalue weighted by molar-refractivity contribution is 5.92. The lowest BCUT2D eigenvalue weighted by molar-refractivity contribution is -0.117. The summed E-state index contributed by atoms with van der Waals surface area (Å²) >= 11 is 0. The number of furan rings is 1. The number of nitrogens with one attached hydrogen (secondary N) is 2. The summed E-state index contributed by atoms with van der Waals surface area (Å²) in [5.41, 5.74) is 3.04. The third kappa shape index (κ3) is 6.48. The summed E-state index contributed by atoms with van der Waals surface area (Å²) in [6.07, 6.45) is 1.57. The molecule has 2 amide bonds. The Hall–Kier alpha value is -3.58. The SMILES string of the molecule is Cc1ccc(OCc2ccc(C(=O)NC3CCN(CC(=O)Nc4ccccc4)CC3)o2)c(C)c1. The Bertz CT molecular complexity index is 1120. The van der Waals surface area contributed by atoms with Crippen molar-refractivity contribution >= 4 is 17.5 Å². The molecule has 178 valence electrons. The molecule has 1 aliphatic heterocycles. The van der Waals surface area contributed by atoms with Gasteiger partial charge in [0.1, 0.15) is 18.1 Å². The zero-order valence-corrected chi connectivity index (χ0v) is 19.7. The largest absolute Gasteiger partial charge is 0.485 e. The second-order valence-corrected chi connectivity index (χ2v) is 8.76. The number of carbonyl (C=O) groups excluding carboxylic acids is 2. The number of aryl methyl sites for hydroxylation is 2. The molecule has 7 nitrogen and oxygen atoms in total. The molecule has 1 saturated heterocycles. The van der Waals surface area contributed by atoms with Gasteiger partial charge in [0.25, 0.3) is 5.91 Å². The van der Waals surface area contributed by atoms with Gasteiger partial charge in [0.05, 0.1) is 6.54 Å². The number of rotatable bonds is 8. The number of nitrogens with zero attached hydrogens (tertiary/aromatic N) is 1. The van der Waals surface area contributed by atoms with Gasteiger partial charge in [0, 0.05) is 24.8 Å². The van der Waals surface area contributed by atoms with Gasteiger partial charge in [-0.2, -0.15) is 0 Å². The number of para-hydroxylation sites is 1. The maximum atomic E-state index is 12.6. The summed E-state index contributed by atoms with van der Waals surface area (Å²) in [6, 6.07) is 19.0. The third-order valence-corrected chi connectivity index (χ3v) is 5.93. The van der Waals surface area contributed by atoms with Crippen molar-refractivity contribution < 1.29 is 18.7 Å². The monoisotopic (exact) mass is 461 g/mol. The molecule has 7 heteroatoms. The first-order valence-electron chi connectivity index (χ1n) is 11.6. The first kappa shape index (κ1) is 23.6. The number of ether oxygens (including phenoxy) is 1. The van der Waals surface area contributed by atoms with E-state index in [-0.39, 0.29) is 30.2 Å². The molecule has 0 aliphatic carbocycles. The number of hydrogen-bond donors (Lipinski definition) is 2. The maximum absolute atomic E-state index is 12.6. The van der Waals surface area contributed by atoms with E-state index >= 15 is 0 Å². The van der Waals surface area contributed by atoms with Gasteiger partial charge in [0.15, 0.2) is 5.76 Å². The van der Waals surface area contributed by atoms with E-state index < -0.39 is 0 Å². The zero-order chi connectivity index (χ0) is 23.9.